The van der Waals surface area contributed by atoms with Gasteiger partial charge in [0.15, 0.2) is 5.78 Å². The molecule has 6 heteroatoms. The van der Waals surface area contributed by atoms with Crippen LogP contribution in [0.25, 0.3) is 0 Å². The van der Waals surface area contributed by atoms with Crippen molar-refractivity contribution >= 4 is 24.4 Å². The van der Waals surface area contributed by atoms with E-state index in [0.29, 0.717) is 0 Å². The fourth-order valence-corrected chi connectivity index (χ4v) is 1.30. The van der Waals surface area contributed by atoms with E-state index in [4.69, 9.17) is 16.6 Å². The van der Waals surface area contributed by atoms with Crippen molar-refractivity contribution in [3.05, 3.63) is 0 Å². The number of hydrogen-bond donors (Lipinski definition) is 4. The van der Waals surface area contributed by atoms with Gasteiger partial charge in [0.2, 0.25) is 0 Å². The van der Waals surface area contributed by atoms with Gasteiger partial charge in [0.05, 0.1) is 12.0 Å². The van der Waals surface area contributed by atoms with Crippen molar-refractivity contribution in [3.63, 3.8) is 0 Å². The van der Waals surface area contributed by atoms with E-state index < -0.39 is 24.0 Å². The van der Waals surface area contributed by atoms with Crippen LogP contribution in [0.3, 0.4) is 0 Å². The molecule has 0 aliphatic carbocycles. The van der Waals surface area contributed by atoms with Gasteiger partial charge >= 0.3 is 5.97 Å². The van der Waals surface area contributed by atoms with Gasteiger partial charge in [-0.1, -0.05) is 0 Å². The van der Waals surface area contributed by atoms with E-state index in [2.05, 4.69) is 12.6 Å². The SMILES string of the molecule is C[C@H](N)C(=O)C(CS)[C@H](N)C(=O)O. The second-order valence-corrected chi connectivity index (χ2v) is 3.21. The predicted octanol–water partition coefficient (Wildman–Crippen LogP) is -1.14. The second-order valence-electron chi connectivity index (χ2n) is 2.84. The molecular formula is C7H14N2O3S. The summed E-state index contributed by atoms with van der Waals surface area (Å²) >= 11 is 3.86. The lowest BCUT2D eigenvalue weighted by atomic mass is 9.94. The lowest BCUT2D eigenvalue weighted by molar-refractivity contribution is -0.142. The largest absolute Gasteiger partial charge is 0.480 e. The van der Waals surface area contributed by atoms with Crippen LogP contribution in [0.5, 0.6) is 0 Å². The van der Waals surface area contributed by atoms with Crippen LogP contribution in [0, 0.1) is 5.92 Å². The first kappa shape index (κ1) is 12.4. The Hall–Kier alpha value is -0.590. The zero-order valence-corrected chi connectivity index (χ0v) is 8.20. The van der Waals surface area contributed by atoms with Gasteiger partial charge in [0.25, 0.3) is 0 Å². The standard InChI is InChI=1S/C7H14N2O3S/c1-3(8)6(10)4(2-13)5(9)7(11)12/h3-5,13H,2,8-9H2,1H3,(H,11,12)/t3-,4?,5-/m0/s1. The van der Waals surface area contributed by atoms with Crippen LogP contribution in [-0.2, 0) is 9.59 Å². The van der Waals surface area contributed by atoms with Crippen molar-refractivity contribution in [2.45, 2.75) is 19.0 Å². The summed E-state index contributed by atoms with van der Waals surface area (Å²) < 4.78 is 0. The van der Waals surface area contributed by atoms with Crippen LogP contribution < -0.4 is 11.5 Å². The van der Waals surface area contributed by atoms with Gasteiger partial charge in [-0.2, -0.15) is 12.6 Å². The number of carbonyl (C=O) groups is 2. The van der Waals surface area contributed by atoms with E-state index in [-0.39, 0.29) is 11.5 Å². The molecule has 0 aliphatic heterocycles. The summed E-state index contributed by atoms with van der Waals surface area (Å²) in [6.45, 7) is 1.49. The predicted molar refractivity (Wildman–Crippen MR) is 51.6 cm³/mol. The highest BCUT2D eigenvalue weighted by atomic mass is 32.1. The molecule has 0 amide bonds. The molecule has 0 aromatic heterocycles. The van der Waals surface area contributed by atoms with E-state index in [1.165, 1.54) is 6.92 Å². The Morgan fingerprint density at radius 2 is 1.92 bits per heavy atom. The fraction of sp³-hybridized carbons (Fsp3) is 0.714. The first-order valence-electron chi connectivity index (χ1n) is 3.80. The molecule has 0 aliphatic rings. The topological polar surface area (TPSA) is 106 Å². The molecule has 0 spiro atoms. The van der Waals surface area contributed by atoms with Gasteiger partial charge in [0, 0.05) is 5.75 Å². The van der Waals surface area contributed by atoms with Crippen LogP contribution in [0.2, 0.25) is 0 Å². The number of Topliss-reactive ketones (excluding diaryl/α,β-unsaturated/α-hetero) is 1. The molecule has 0 aromatic carbocycles. The number of ketones is 1. The average molecular weight is 206 g/mol. The van der Waals surface area contributed by atoms with Crippen LogP contribution in [0.15, 0.2) is 0 Å². The maximum Gasteiger partial charge on any atom is 0.321 e. The highest BCUT2D eigenvalue weighted by molar-refractivity contribution is 7.80. The van der Waals surface area contributed by atoms with E-state index in [1.54, 1.807) is 0 Å². The van der Waals surface area contributed by atoms with Gasteiger partial charge in [-0.15, -0.1) is 0 Å². The smallest absolute Gasteiger partial charge is 0.321 e. The molecular weight excluding hydrogens is 192 g/mol. The van der Waals surface area contributed by atoms with Crippen molar-refractivity contribution in [2.75, 3.05) is 5.75 Å². The molecule has 0 aromatic rings. The van der Waals surface area contributed by atoms with Gasteiger partial charge in [-0.3, -0.25) is 9.59 Å². The number of thiol groups is 1. The van der Waals surface area contributed by atoms with Crippen molar-refractivity contribution in [2.24, 2.45) is 17.4 Å². The number of carboxylic acid groups (broad SMARTS) is 1. The molecule has 76 valence electrons. The summed E-state index contributed by atoms with van der Waals surface area (Å²) in [4.78, 5) is 21.8. The monoisotopic (exact) mass is 206 g/mol. The van der Waals surface area contributed by atoms with Crippen LogP contribution in [0.4, 0.5) is 0 Å². The summed E-state index contributed by atoms with van der Waals surface area (Å²) in [6, 6.07) is -1.93. The van der Waals surface area contributed by atoms with Gasteiger partial charge in [-0.05, 0) is 6.92 Å². The minimum atomic E-state index is -1.23. The highest BCUT2D eigenvalue weighted by Gasteiger charge is 2.30. The average Bonchev–Trinajstić information content (AvgIpc) is 2.04. The first-order valence-corrected chi connectivity index (χ1v) is 4.43. The zero-order valence-electron chi connectivity index (χ0n) is 7.30. The second kappa shape index (κ2) is 5.21. The summed E-state index contributed by atoms with van der Waals surface area (Å²) in [5.41, 5.74) is 10.6. The van der Waals surface area contributed by atoms with E-state index in [9.17, 15) is 9.59 Å². The van der Waals surface area contributed by atoms with E-state index in [1.807, 2.05) is 0 Å². The summed E-state index contributed by atoms with van der Waals surface area (Å²) in [5, 5.41) is 8.56. The lowest BCUT2D eigenvalue weighted by Gasteiger charge is -2.18. The minimum Gasteiger partial charge on any atom is -0.480 e. The third-order valence-corrected chi connectivity index (χ3v) is 2.12. The number of rotatable bonds is 5. The Labute approximate surface area is 81.9 Å². The Morgan fingerprint density at radius 1 is 1.46 bits per heavy atom. The van der Waals surface area contributed by atoms with Gasteiger partial charge in [-0.25, -0.2) is 0 Å². The molecule has 0 rings (SSSR count). The number of aliphatic carboxylic acids is 1. The molecule has 3 atom stereocenters. The molecule has 0 bridgehead atoms. The zero-order chi connectivity index (χ0) is 10.6. The van der Waals surface area contributed by atoms with Crippen LogP contribution in [-0.4, -0.2) is 34.7 Å². The number of carbonyl (C=O) groups excluding carboxylic acids is 1. The summed E-state index contributed by atoms with van der Waals surface area (Å²) in [6.07, 6.45) is 0. The maximum atomic E-state index is 11.3. The Balaban J connectivity index is 4.50. The normalized spacial score (nSPS) is 17.5. The Morgan fingerprint density at radius 3 is 2.15 bits per heavy atom. The quantitative estimate of drug-likeness (QED) is 0.425. The number of carboxylic acids is 1. The summed E-state index contributed by atoms with van der Waals surface area (Å²) in [7, 11) is 0. The molecule has 0 fully saturated rings. The molecule has 13 heavy (non-hydrogen) atoms. The third-order valence-electron chi connectivity index (χ3n) is 1.73. The lowest BCUT2D eigenvalue weighted by Crippen LogP contribution is -2.47. The number of nitrogens with two attached hydrogens (primary N) is 2. The van der Waals surface area contributed by atoms with Gasteiger partial charge in [0.1, 0.15) is 6.04 Å². The van der Waals surface area contributed by atoms with E-state index >= 15 is 0 Å². The summed E-state index contributed by atoms with van der Waals surface area (Å²) in [5.74, 6) is -2.31. The number of hydrogen-bond acceptors (Lipinski definition) is 5. The Bertz CT molecular complexity index is 208. The molecule has 0 radical (unpaired) electrons. The van der Waals surface area contributed by atoms with Crippen molar-refractivity contribution in [1.29, 1.82) is 0 Å². The maximum absolute atomic E-state index is 11.3. The van der Waals surface area contributed by atoms with Crippen LogP contribution in [0.1, 0.15) is 6.92 Å². The molecule has 5 N–H and O–H groups in total. The molecule has 0 saturated carbocycles. The van der Waals surface area contributed by atoms with Crippen molar-refractivity contribution in [1.82, 2.24) is 0 Å². The minimum absolute atomic E-state index is 0.0911. The first-order chi connectivity index (χ1) is 5.91. The van der Waals surface area contributed by atoms with Crippen molar-refractivity contribution < 1.29 is 14.7 Å². The highest BCUT2D eigenvalue weighted by Crippen LogP contribution is 2.08. The van der Waals surface area contributed by atoms with Gasteiger partial charge < -0.3 is 16.6 Å². The van der Waals surface area contributed by atoms with E-state index in [0.717, 1.165) is 0 Å². The molecule has 0 saturated heterocycles. The molecule has 0 heterocycles. The Kier molecular flexibility index (Phi) is 4.97. The van der Waals surface area contributed by atoms with Crippen molar-refractivity contribution in [3.8, 4) is 0 Å². The molecule has 5 nitrogen and oxygen atoms in total. The van der Waals surface area contributed by atoms with Crippen LogP contribution >= 0.6 is 12.6 Å². The third kappa shape index (κ3) is 3.33. The molecule has 1 unspecified atom stereocenters. The fourth-order valence-electron chi connectivity index (χ4n) is 0.890.